The highest BCUT2D eigenvalue weighted by atomic mass is 16.3. The van der Waals surface area contributed by atoms with Gasteiger partial charge in [-0.25, -0.2) is 0 Å². The molecule has 0 bridgehead atoms. The molecule has 1 unspecified atom stereocenters. The number of aliphatic hydroxyl groups is 1. The van der Waals surface area contributed by atoms with Crippen molar-refractivity contribution in [2.75, 3.05) is 13.1 Å². The molecule has 2 heteroatoms. The molecule has 1 saturated heterocycles. The quantitative estimate of drug-likeness (QED) is 0.908. The third-order valence-electron chi connectivity index (χ3n) is 4.79. The molecule has 1 aliphatic rings. The van der Waals surface area contributed by atoms with Gasteiger partial charge in [0.05, 0.1) is 6.10 Å². The number of aryl methyl sites for hydroxylation is 1. The Hall–Kier alpha value is -0.860. The van der Waals surface area contributed by atoms with E-state index in [0.717, 1.165) is 19.5 Å². The van der Waals surface area contributed by atoms with Crippen LogP contribution in [0.15, 0.2) is 24.3 Å². The molecular formula is C18H29NO. The predicted octanol–water partition coefficient (Wildman–Crippen LogP) is 3.55. The van der Waals surface area contributed by atoms with Crippen LogP contribution >= 0.6 is 0 Å². The van der Waals surface area contributed by atoms with Crippen molar-refractivity contribution in [2.45, 2.75) is 64.5 Å². The molecule has 1 aromatic carbocycles. The van der Waals surface area contributed by atoms with Gasteiger partial charge < -0.3 is 5.11 Å². The normalized spacial score (nSPS) is 19.6. The Morgan fingerprint density at radius 2 is 1.60 bits per heavy atom. The molecule has 1 atom stereocenters. The summed E-state index contributed by atoms with van der Waals surface area (Å²) in [5.74, 6) is 0. The van der Waals surface area contributed by atoms with E-state index in [1.54, 1.807) is 0 Å². The van der Waals surface area contributed by atoms with Gasteiger partial charge in [-0.2, -0.15) is 0 Å². The van der Waals surface area contributed by atoms with Crippen LogP contribution in [0.1, 0.15) is 50.7 Å². The lowest BCUT2D eigenvalue weighted by Gasteiger charge is -2.41. The zero-order valence-electron chi connectivity index (χ0n) is 13.2. The first-order valence-electron chi connectivity index (χ1n) is 7.99. The van der Waals surface area contributed by atoms with Gasteiger partial charge in [0, 0.05) is 12.0 Å². The van der Waals surface area contributed by atoms with Crippen molar-refractivity contribution in [3.8, 4) is 0 Å². The van der Waals surface area contributed by atoms with E-state index in [-0.39, 0.29) is 11.6 Å². The van der Waals surface area contributed by atoms with E-state index in [1.165, 1.54) is 36.8 Å². The van der Waals surface area contributed by atoms with Crippen LogP contribution in [0.2, 0.25) is 0 Å². The average Bonchev–Trinajstić information content (AvgIpc) is 2.70. The number of likely N-dealkylation sites (tertiary alicyclic amines) is 1. The lowest BCUT2D eigenvalue weighted by molar-refractivity contribution is -0.00786. The summed E-state index contributed by atoms with van der Waals surface area (Å²) < 4.78 is 0. The van der Waals surface area contributed by atoms with Crippen LogP contribution in [0, 0.1) is 6.92 Å². The van der Waals surface area contributed by atoms with Crippen molar-refractivity contribution in [2.24, 2.45) is 0 Å². The molecule has 112 valence electrons. The van der Waals surface area contributed by atoms with Gasteiger partial charge in [-0.15, -0.1) is 0 Å². The maximum absolute atomic E-state index is 10.7. The fourth-order valence-corrected chi connectivity index (χ4v) is 3.05. The fourth-order valence-electron chi connectivity index (χ4n) is 3.05. The number of aliphatic hydroxyl groups excluding tert-OH is 1. The molecule has 20 heavy (non-hydrogen) atoms. The smallest absolute Gasteiger partial charge is 0.0758 e. The summed E-state index contributed by atoms with van der Waals surface area (Å²) in [6.45, 7) is 8.73. The van der Waals surface area contributed by atoms with Crippen molar-refractivity contribution in [3.05, 3.63) is 35.4 Å². The standard InChI is InChI=1S/C18H29NO/c1-15-8-10-16(11-9-15)14-17(20)18(2,3)19-12-6-4-5-7-13-19/h8-11,17,20H,4-7,12-14H2,1-3H3. The van der Waals surface area contributed by atoms with Gasteiger partial charge in [0.2, 0.25) is 0 Å². The maximum atomic E-state index is 10.7. The molecule has 1 heterocycles. The van der Waals surface area contributed by atoms with Gasteiger partial charge in [0.15, 0.2) is 0 Å². The van der Waals surface area contributed by atoms with Crippen LogP contribution in [-0.4, -0.2) is 34.7 Å². The highest BCUT2D eigenvalue weighted by Crippen LogP contribution is 2.25. The van der Waals surface area contributed by atoms with E-state index in [0.29, 0.717) is 0 Å². The van der Waals surface area contributed by atoms with E-state index in [4.69, 9.17) is 0 Å². The lowest BCUT2D eigenvalue weighted by Crippen LogP contribution is -2.53. The summed E-state index contributed by atoms with van der Waals surface area (Å²) >= 11 is 0. The minimum absolute atomic E-state index is 0.144. The minimum Gasteiger partial charge on any atom is -0.391 e. The van der Waals surface area contributed by atoms with Gasteiger partial charge in [-0.3, -0.25) is 4.90 Å². The first kappa shape index (κ1) is 15.5. The molecular weight excluding hydrogens is 246 g/mol. The topological polar surface area (TPSA) is 23.5 Å². The summed E-state index contributed by atoms with van der Waals surface area (Å²) in [7, 11) is 0. The zero-order chi connectivity index (χ0) is 14.6. The Labute approximate surface area is 123 Å². The van der Waals surface area contributed by atoms with E-state index in [1.807, 2.05) is 0 Å². The monoisotopic (exact) mass is 275 g/mol. The summed E-state index contributed by atoms with van der Waals surface area (Å²) in [6, 6.07) is 8.52. The molecule has 2 nitrogen and oxygen atoms in total. The lowest BCUT2D eigenvalue weighted by atomic mass is 9.89. The Balaban J connectivity index is 2.01. The summed E-state index contributed by atoms with van der Waals surface area (Å²) in [4.78, 5) is 2.48. The third-order valence-corrected chi connectivity index (χ3v) is 4.79. The highest BCUT2D eigenvalue weighted by Gasteiger charge is 2.34. The largest absolute Gasteiger partial charge is 0.391 e. The Morgan fingerprint density at radius 3 is 2.15 bits per heavy atom. The predicted molar refractivity (Wildman–Crippen MR) is 85.0 cm³/mol. The summed E-state index contributed by atoms with van der Waals surface area (Å²) in [6.07, 6.45) is 5.62. The van der Waals surface area contributed by atoms with Gasteiger partial charge >= 0.3 is 0 Å². The molecule has 1 aliphatic heterocycles. The number of nitrogens with zero attached hydrogens (tertiary/aromatic N) is 1. The van der Waals surface area contributed by atoms with Gasteiger partial charge in [-0.1, -0.05) is 42.7 Å². The first-order chi connectivity index (χ1) is 9.50. The summed E-state index contributed by atoms with van der Waals surface area (Å²) in [5, 5.41) is 10.7. The molecule has 0 radical (unpaired) electrons. The molecule has 1 aromatic rings. The second-order valence-corrected chi connectivity index (χ2v) is 6.76. The van der Waals surface area contributed by atoms with E-state index in [2.05, 4.69) is 49.9 Å². The van der Waals surface area contributed by atoms with Crippen molar-refractivity contribution in [1.82, 2.24) is 4.90 Å². The van der Waals surface area contributed by atoms with E-state index >= 15 is 0 Å². The van der Waals surface area contributed by atoms with E-state index in [9.17, 15) is 5.11 Å². The Kier molecular flexibility index (Phi) is 5.22. The molecule has 1 fully saturated rings. The molecule has 1 N–H and O–H groups in total. The molecule has 0 amide bonds. The number of rotatable bonds is 4. The van der Waals surface area contributed by atoms with Crippen molar-refractivity contribution in [1.29, 1.82) is 0 Å². The number of hydrogen-bond acceptors (Lipinski definition) is 2. The average molecular weight is 275 g/mol. The first-order valence-corrected chi connectivity index (χ1v) is 7.99. The van der Waals surface area contributed by atoms with Crippen LogP contribution in [-0.2, 0) is 6.42 Å². The second-order valence-electron chi connectivity index (χ2n) is 6.76. The van der Waals surface area contributed by atoms with Gasteiger partial charge in [-0.05, 0) is 52.3 Å². The molecule has 0 spiro atoms. The van der Waals surface area contributed by atoms with Crippen LogP contribution in [0.3, 0.4) is 0 Å². The number of hydrogen-bond donors (Lipinski definition) is 1. The Bertz CT molecular complexity index is 402. The van der Waals surface area contributed by atoms with Crippen LogP contribution < -0.4 is 0 Å². The van der Waals surface area contributed by atoms with E-state index < -0.39 is 0 Å². The van der Waals surface area contributed by atoms with Crippen molar-refractivity contribution < 1.29 is 5.11 Å². The molecule has 0 saturated carbocycles. The van der Waals surface area contributed by atoms with Crippen LogP contribution in [0.25, 0.3) is 0 Å². The molecule has 2 rings (SSSR count). The second kappa shape index (κ2) is 6.73. The zero-order valence-corrected chi connectivity index (χ0v) is 13.2. The summed E-state index contributed by atoms with van der Waals surface area (Å²) in [5.41, 5.74) is 2.36. The third kappa shape index (κ3) is 3.83. The highest BCUT2D eigenvalue weighted by molar-refractivity contribution is 5.22. The van der Waals surface area contributed by atoms with Gasteiger partial charge in [0.1, 0.15) is 0 Å². The van der Waals surface area contributed by atoms with Crippen molar-refractivity contribution in [3.63, 3.8) is 0 Å². The fraction of sp³-hybridized carbons (Fsp3) is 0.667. The van der Waals surface area contributed by atoms with Crippen LogP contribution in [0.5, 0.6) is 0 Å². The molecule has 0 aliphatic carbocycles. The minimum atomic E-state index is -0.316. The Morgan fingerprint density at radius 1 is 1.05 bits per heavy atom. The van der Waals surface area contributed by atoms with Crippen LogP contribution in [0.4, 0.5) is 0 Å². The number of benzene rings is 1. The molecule has 0 aromatic heterocycles. The maximum Gasteiger partial charge on any atom is 0.0758 e. The SMILES string of the molecule is Cc1ccc(CC(O)C(C)(C)N2CCCCCC2)cc1. The van der Waals surface area contributed by atoms with Crippen molar-refractivity contribution >= 4 is 0 Å². The van der Waals surface area contributed by atoms with Gasteiger partial charge in [0.25, 0.3) is 0 Å².